The molecule has 1 aromatic heterocycles. The largest absolute Gasteiger partial charge is 0.282 e. The fourth-order valence-electron chi connectivity index (χ4n) is 1.82. The van der Waals surface area contributed by atoms with Gasteiger partial charge in [-0.2, -0.15) is 5.10 Å². The van der Waals surface area contributed by atoms with Crippen LogP contribution in [0.15, 0.2) is 30.3 Å². The second-order valence-corrected chi connectivity index (χ2v) is 5.14. The van der Waals surface area contributed by atoms with Crippen molar-refractivity contribution in [3.8, 4) is 11.3 Å². The Labute approximate surface area is 103 Å². The number of nitrogens with one attached hydrogen (secondary N) is 1. The van der Waals surface area contributed by atoms with Crippen molar-refractivity contribution < 1.29 is 0 Å². The first-order valence-corrected chi connectivity index (χ1v) is 6.23. The van der Waals surface area contributed by atoms with E-state index in [1.165, 1.54) is 16.8 Å². The lowest BCUT2D eigenvalue weighted by atomic mass is 10.0. The molecule has 0 aliphatic heterocycles. The van der Waals surface area contributed by atoms with Crippen LogP contribution in [0.2, 0.25) is 0 Å². The molecule has 0 aliphatic carbocycles. The Morgan fingerprint density at radius 3 is 2.06 bits per heavy atom. The normalized spacial score (nSPS) is 11.4. The van der Waals surface area contributed by atoms with E-state index in [0.29, 0.717) is 11.8 Å². The summed E-state index contributed by atoms with van der Waals surface area (Å²) in [6.07, 6.45) is 0. The zero-order valence-corrected chi connectivity index (χ0v) is 11.0. The summed E-state index contributed by atoms with van der Waals surface area (Å²) in [6.45, 7) is 8.75. The molecule has 0 amide bonds. The van der Waals surface area contributed by atoms with Gasteiger partial charge < -0.3 is 0 Å². The SMILES string of the molecule is CC(C)c1ccc(-c2cc(C(C)C)[nH]n2)cc1. The van der Waals surface area contributed by atoms with E-state index in [1.807, 2.05) is 0 Å². The second-order valence-electron chi connectivity index (χ2n) is 5.14. The third-order valence-electron chi connectivity index (χ3n) is 3.09. The summed E-state index contributed by atoms with van der Waals surface area (Å²) < 4.78 is 0. The van der Waals surface area contributed by atoms with E-state index in [1.54, 1.807) is 0 Å². The van der Waals surface area contributed by atoms with Crippen molar-refractivity contribution in [3.63, 3.8) is 0 Å². The second kappa shape index (κ2) is 4.74. The van der Waals surface area contributed by atoms with E-state index in [4.69, 9.17) is 0 Å². The monoisotopic (exact) mass is 228 g/mol. The molecule has 0 fully saturated rings. The third-order valence-corrected chi connectivity index (χ3v) is 3.09. The fraction of sp³-hybridized carbons (Fsp3) is 0.400. The van der Waals surface area contributed by atoms with Gasteiger partial charge in [0, 0.05) is 11.3 Å². The molecule has 2 heteroatoms. The average molecular weight is 228 g/mol. The molecule has 1 N–H and O–H groups in total. The van der Waals surface area contributed by atoms with Crippen LogP contribution in [0, 0.1) is 0 Å². The number of hydrogen-bond acceptors (Lipinski definition) is 1. The molecule has 0 saturated carbocycles. The molecule has 1 heterocycles. The maximum absolute atomic E-state index is 4.36. The zero-order chi connectivity index (χ0) is 12.4. The van der Waals surface area contributed by atoms with Crippen LogP contribution in [0.5, 0.6) is 0 Å². The molecule has 2 nitrogen and oxygen atoms in total. The Kier molecular flexibility index (Phi) is 3.32. The van der Waals surface area contributed by atoms with Gasteiger partial charge in [0.1, 0.15) is 0 Å². The number of nitrogens with zero attached hydrogens (tertiary/aromatic N) is 1. The van der Waals surface area contributed by atoms with Gasteiger partial charge in [-0.15, -0.1) is 0 Å². The van der Waals surface area contributed by atoms with Gasteiger partial charge in [0.15, 0.2) is 0 Å². The molecule has 0 radical (unpaired) electrons. The lowest BCUT2D eigenvalue weighted by Crippen LogP contribution is -1.86. The summed E-state index contributed by atoms with van der Waals surface area (Å²) >= 11 is 0. The van der Waals surface area contributed by atoms with E-state index < -0.39 is 0 Å². The van der Waals surface area contributed by atoms with Crippen LogP contribution in [-0.4, -0.2) is 10.2 Å². The summed E-state index contributed by atoms with van der Waals surface area (Å²) in [5.74, 6) is 1.07. The third kappa shape index (κ3) is 2.57. The van der Waals surface area contributed by atoms with Crippen LogP contribution in [0.25, 0.3) is 11.3 Å². The Bertz CT molecular complexity index is 478. The van der Waals surface area contributed by atoms with Gasteiger partial charge in [-0.1, -0.05) is 52.0 Å². The van der Waals surface area contributed by atoms with Gasteiger partial charge in [0.05, 0.1) is 5.69 Å². The Morgan fingerprint density at radius 2 is 1.59 bits per heavy atom. The predicted molar refractivity (Wildman–Crippen MR) is 72.2 cm³/mol. The summed E-state index contributed by atoms with van der Waals surface area (Å²) in [5, 5.41) is 7.45. The first-order chi connectivity index (χ1) is 8.08. The van der Waals surface area contributed by atoms with E-state index in [9.17, 15) is 0 Å². The highest BCUT2D eigenvalue weighted by molar-refractivity contribution is 5.59. The molecule has 2 aromatic rings. The topological polar surface area (TPSA) is 28.7 Å². The minimum absolute atomic E-state index is 0.492. The Balaban J connectivity index is 2.27. The predicted octanol–water partition coefficient (Wildman–Crippen LogP) is 4.32. The van der Waals surface area contributed by atoms with Gasteiger partial charge in [0.2, 0.25) is 0 Å². The van der Waals surface area contributed by atoms with Crippen LogP contribution in [-0.2, 0) is 0 Å². The van der Waals surface area contributed by atoms with Crippen molar-refractivity contribution in [2.45, 2.75) is 39.5 Å². The van der Waals surface area contributed by atoms with Crippen molar-refractivity contribution in [1.82, 2.24) is 10.2 Å². The molecule has 17 heavy (non-hydrogen) atoms. The van der Waals surface area contributed by atoms with Crippen LogP contribution in [0.3, 0.4) is 0 Å². The molecule has 90 valence electrons. The van der Waals surface area contributed by atoms with Crippen molar-refractivity contribution in [2.75, 3.05) is 0 Å². The van der Waals surface area contributed by atoms with Gasteiger partial charge in [-0.05, 0) is 23.5 Å². The van der Waals surface area contributed by atoms with E-state index in [2.05, 4.69) is 68.2 Å². The summed E-state index contributed by atoms with van der Waals surface area (Å²) in [7, 11) is 0. The minimum Gasteiger partial charge on any atom is -0.282 e. The van der Waals surface area contributed by atoms with Crippen LogP contribution in [0.1, 0.15) is 50.8 Å². The standard InChI is InChI=1S/C15H20N2/c1-10(2)12-5-7-13(8-6-12)15-9-14(11(3)4)16-17-15/h5-11H,1-4H3,(H,16,17). The first-order valence-electron chi connectivity index (χ1n) is 6.23. The highest BCUT2D eigenvalue weighted by atomic mass is 15.1. The molecular weight excluding hydrogens is 208 g/mol. The van der Waals surface area contributed by atoms with Gasteiger partial charge in [-0.25, -0.2) is 0 Å². The molecular formula is C15H20N2. The number of aromatic nitrogens is 2. The van der Waals surface area contributed by atoms with Crippen LogP contribution in [0.4, 0.5) is 0 Å². The molecule has 0 bridgehead atoms. The van der Waals surface area contributed by atoms with E-state index in [-0.39, 0.29) is 0 Å². The lowest BCUT2D eigenvalue weighted by Gasteiger charge is -2.05. The average Bonchev–Trinajstić information content (AvgIpc) is 2.78. The van der Waals surface area contributed by atoms with E-state index in [0.717, 1.165) is 5.69 Å². The molecule has 0 saturated heterocycles. The summed E-state index contributed by atoms with van der Waals surface area (Å²) in [6, 6.07) is 10.8. The van der Waals surface area contributed by atoms with Gasteiger partial charge in [0.25, 0.3) is 0 Å². The smallest absolute Gasteiger partial charge is 0.0923 e. The number of rotatable bonds is 3. The molecule has 0 atom stereocenters. The van der Waals surface area contributed by atoms with E-state index >= 15 is 0 Å². The molecule has 0 aliphatic rings. The summed E-state index contributed by atoms with van der Waals surface area (Å²) in [5.41, 5.74) is 4.77. The number of benzene rings is 1. The molecule has 2 rings (SSSR count). The maximum Gasteiger partial charge on any atom is 0.0923 e. The molecule has 1 aromatic carbocycles. The molecule has 0 unspecified atom stereocenters. The minimum atomic E-state index is 0.492. The number of aromatic amines is 1. The maximum atomic E-state index is 4.36. The fourth-order valence-corrected chi connectivity index (χ4v) is 1.82. The van der Waals surface area contributed by atoms with Crippen molar-refractivity contribution in [2.24, 2.45) is 0 Å². The number of hydrogen-bond donors (Lipinski definition) is 1. The van der Waals surface area contributed by atoms with Gasteiger partial charge in [-0.3, -0.25) is 5.10 Å². The van der Waals surface area contributed by atoms with Crippen molar-refractivity contribution in [1.29, 1.82) is 0 Å². The highest BCUT2D eigenvalue weighted by Crippen LogP contribution is 2.23. The Morgan fingerprint density at radius 1 is 0.941 bits per heavy atom. The van der Waals surface area contributed by atoms with Crippen molar-refractivity contribution >= 4 is 0 Å². The van der Waals surface area contributed by atoms with Gasteiger partial charge >= 0.3 is 0 Å². The Hall–Kier alpha value is -1.57. The number of H-pyrrole nitrogens is 1. The van der Waals surface area contributed by atoms with Crippen molar-refractivity contribution in [3.05, 3.63) is 41.6 Å². The first kappa shape index (κ1) is 11.9. The van der Waals surface area contributed by atoms with Crippen LogP contribution < -0.4 is 0 Å². The summed E-state index contributed by atoms with van der Waals surface area (Å²) in [4.78, 5) is 0. The van der Waals surface area contributed by atoms with Crippen LogP contribution >= 0.6 is 0 Å². The molecule has 0 spiro atoms. The lowest BCUT2D eigenvalue weighted by molar-refractivity contribution is 0.811. The zero-order valence-electron chi connectivity index (χ0n) is 11.0. The quantitative estimate of drug-likeness (QED) is 0.832. The highest BCUT2D eigenvalue weighted by Gasteiger charge is 2.07.